The Morgan fingerprint density at radius 1 is 1.05 bits per heavy atom. The summed E-state index contributed by atoms with van der Waals surface area (Å²) in [6, 6.07) is 14.3. The van der Waals surface area contributed by atoms with Crippen molar-refractivity contribution in [2.45, 2.75) is 58.3 Å². The first kappa shape index (κ1) is 29.5. The Morgan fingerprint density at radius 2 is 1.77 bits per heavy atom. The number of nitrogens with one attached hydrogen (secondary N) is 4. The van der Waals surface area contributed by atoms with Gasteiger partial charge in [-0.3, -0.25) is 9.99 Å². The summed E-state index contributed by atoms with van der Waals surface area (Å²) in [4.78, 5) is 4.39. The number of benzene rings is 2. The summed E-state index contributed by atoms with van der Waals surface area (Å²) < 4.78 is 41.7. The zero-order valence-corrected chi connectivity index (χ0v) is 24.1. The predicted octanol–water partition coefficient (Wildman–Crippen LogP) is 6.03. The fourth-order valence-corrected chi connectivity index (χ4v) is 5.14. The maximum Gasteiger partial charge on any atom is 0.413 e. The van der Waals surface area contributed by atoms with Crippen LogP contribution >= 0.6 is 0 Å². The number of alkyl halides is 3. The molecule has 2 heterocycles. The maximum absolute atomic E-state index is 13.9. The van der Waals surface area contributed by atoms with Crippen LogP contribution < -0.4 is 21.6 Å². The quantitative estimate of drug-likeness (QED) is 0.262. The molecule has 220 valence electrons. The van der Waals surface area contributed by atoms with Crippen molar-refractivity contribution < 1.29 is 13.2 Å². The molecular formula is C31H30F3N9. The molecule has 5 rings (SSSR count). The lowest BCUT2D eigenvalue weighted by atomic mass is 9.95. The smallest absolute Gasteiger partial charge is 0.383 e. The Morgan fingerprint density at radius 3 is 2.35 bits per heavy atom. The third kappa shape index (κ3) is 5.60. The van der Waals surface area contributed by atoms with E-state index in [1.54, 1.807) is 30.3 Å². The molecule has 3 aromatic rings. The van der Waals surface area contributed by atoms with Crippen LogP contribution in [-0.4, -0.2) is 28.3 Å². The van der Waals surface area contributed by atoms with Crippen molar-refractivity contribution in [3.63, 3.8) is 0 Å². The molecule has 1 atom stereocenters. The lowest BCUT2D eigenvalue weighted by Crippen LogP contribution is -2.52. The van der Waals surface area contributed by atoms with E-state index >= 15 is 0 Å². The van der Waals surface area contributed by atoms with Gasteiger partial charge in [-0.15, -0.1) is 5.53 Å². The number of hydrazine groups is 2. The molecule has 0 amide bonds. The third-order valence-electron chi connectivity index (χ3n) is 7.64. The number of aromatic nitrogens is 1. The lowest BCUT2D eigenvalue weighted by Gasteiger charge is -2.28. The number of anilines is 2. The van der Waals surface area contributed by atoms with Gasteiger partial charge in [0.25, 0.3) is 0 Å². The van der Waals surface area contributed by atoms with Crippen LogP contribution in [0.2, 0.25) is 0 Å². The van der Waals surface area contributed by atoms with Gasteiger partial charge >= 0.3 is 6.18 Å². The highest BCUT2D eigenvalue weighted by Crippen LogP contribution is 2.53. The van der Waals surface area contributed by atoms with Crippen LogP contribution in [0.4, 0.5) is 24.5 Å². The largest absolute Gasteiger partial charge is 0.413 e. The number of rotatable bonds is 7. The fraction of sp³-hybridized carbons (Fsp3) is 0.355. The van der Waals surface area contributed by atoms with E-state index in [0.29, 0.717) is 51.2 Å². The topological polar surface area (TPSA) is 136 Å². The van der Waals surface area contributed by atoms with Gasteiger partial charge in [0.15, 0.2) is 5.54 Å². The molecule has 1 aromatic heterocycles. The standard InChI is InChI=1S/C31H30F3N9/c1-18-9-19(12-35)5-6-23(18)28(25-16-43(42-41-25)30(7-8-30)31(32,33)34)40-22-10-20(13-36)26-24(11-22)27(21(14-37)15-38-26)39-17-29(2,3)4/h5-6,9-11,15-16,28,40-42H,7-8,17H2,1-4H3,(H,38,39)/t28-/m0/s1. The van der Waals surface area contributed by atoms with Crippen LogP contribution in [-0.2, 0) is 0 Å². The minimum Gasteiger partial charge on any atom is -0.383 e. The van der Waals surface area contributed by atoms with Crippen LogP contribution in [0, 0.1) is 46.3 Å². The van der Waals surface area contributed by atoms with Crippen LogP contribution in [0.15, 0.2) is 48.4 Å². The number of hydrogen-bond donors (Lipinski definition) is 4. The third-order valence-corrected chi connectivity index (χ3v) is 7.64. The second kappa shape index (κ2) is 10.7. The zero-order chi connectivity index (χ0) is 31.2. The minimum absolute atomic E-state index is 0.0300. The average molecular weight is 586 g/mol. The molecule has 4 N–H and O–H groups in total. The molecule has 2 aliphatic rings. The van der Waals surface area contributed by atoms with Gasteiger partial charge in [0.05, 0.1) is 45.7 Å². The Bertz CT molecular complexity index is 1750. The van der Waals surface area contributed by atoms with E-state index < -0.39 is 17.8 Å². The first-order valence-electron chi connectivity index (χ1n) is 13.7. The van der Waals surface area contributed by atoms with Crippen LogP contribution in [0.1, 0.15) is 67.5 Å². The molecule has 0 unspecified atom stereocenters. The molecule has 1 saturated carbocycles. The Kier molecular flexibility index (Phi) is 7.33. The number of pyridine rings is 1. The van der Waals surface area contributed by atoms with Gasteiger partial charge < -0.3 is 16.1 Å². The highest BCUT2D eigenvalue weighted by molar-refractivity contribution is 5.99. The molecule has 0 saturated heterocycles. The molecular weight excluding hydrogens is 555 g/mol. The summed E-state index contributed by atoms with van der Waals surface area (Å²) in [6.45, 7) is 8.53. The van der Waals surface area contributed by atoms with Crippen molar-refractivity contribution >= 4 is 22.3 Å². The molecule has 0 radical (unpaired) electrons. The van der Waals surface area contributed by atoms with Crippen molar-refractivity contribution in [3.8, 4) is 18.2 Å². The van der Waals surface area contributed by atoms with Gasteiger partial charge in [-0.1, -0.05) is 26.8 Å². The van der Waals surface area contributed by atoms with Gasteiger partial charge in [0, 0.05) is 30.0 Å². The van der Waals surface area contributed by atoms with Crippen molar-refractivity contribution in [2.24, 2.45) is 5.41 Å². The molecule has 1 aliphatic carbocycles. The monoisotopic (exact) mass is 585 g/mol. The van der Waals surface area contributed by atoms with Crippen LogP contribution in [0.3, 0.4) is 0 Å². The normalized spacial score (nSPS) is 16.4. The van der Waals surface area contributed by atoms with E-state index in [1.807, 2.05) is 6.92 Å². The van der Waals surface area contributed by atoms with Crippen molar-refractivity contribution in [1.82, 2.24) is 21.0 Å². The molecule has 12 heteroatoms. The van der Waals surface area contributed by atoms with E-state index in [-0.39, 0.29) is 23.8 Å². The molecule has 0 bridgehead atoms. The highest BCUT2D eigenvalue weighted by Gasteiger charge is 2.67. The summed E-state index contributed by atoms with van der Waals surface area (Å²) in [5, 5.41) is 37.6. The summed E-state index contributed by atoms with van der Waals surface area (Å²) >= 11 is 0. The van der Waals surface area contributed by atoms with Crippen LogP contribution in [0.25, 0.3) is 10.9 Å². The second-order valence-electron chi connectivity index (χ2n) is 12.1. The number of nitriles is 3. The van der Waals surface area contributed by atoms with Gasteiger partial charge in [0.2, 0.25) is 0 Å². The van der Waals surface area contributed by atoms with Gasteiger partial charge in [-0.05, 0) is 60.6 Å². The Labute approximate surface area is 247 Å². The Hall–Kier alpha value is -4.99. The fourth-order valence-electron chi connectivity index (χ4n) is 5.14. The molecule has 0 spiro atoms. The molecule has 9 nitrogen and oxygen atoms in total. The van der Waals surface area contributed by atoms with E-state index in [9.17, 15) is 29.0 Å². The van der Waals surface area contributed by atoms with E-state index in [2.05, 4.69) is 65.6 Å². The minimum atomic E-state index is -4.43. The molecule has 43 heavy (non-hydrogen) atoms. The molecule has 1 fully saturated rings. The molecule has 2 aromatic carbocycles. The maximum atomic E-state index is 13.9. The van der Waals surface area contributed by atoms with Crippen molar-refractivity contribution in [3.05, 3.63) is 76.2 Å². The number of halogens is 3. The van der Waals surface area contributed by atoms with Gasteiger partial charge in [-0.2, -0.15) is 29.0 Å². The number of nitrogens with zero attached hydrogens (tertiary/aromatic N) is 5. The van der Waals surface area contributed by atoms with E-state index in [1.165, 1.54) is 12.4 Å². The molecule has 1 aliphatic heterocycles. The first-order chi connectivity index (χ1) is 20.3. The van der Waals surface area contributed by atoms with Gasteiger partial charge in [0.1, 0.15) is 12.1 Å². The van der Waals surface area contributed by atoms with E-state index in [4.69, 9.17) is 0 Å². The zero-order valence-electron chi connectivity index (χ0n) is 24.1. The van der Waals surface area contributed by atoms with E-state index in [0.717, 1.165) is 10.6 Å². The average Bonchev–Trinajstić information content (AvgIpc) is 3.65. The SMILES string of the molecule is Cc1cc(C#N)ccc1[C@H](Nc1cc(C#N)c2ncc(C#N)c(NCC(C)(C)C)c2c1)C1=CN(C2(C(F)(F)F)CC2)NN1. The number of hydrogen-bond acceptors (Lipinski definition) is 9. The second-order valence-corrected chi connectivity index (χ2v) is 12.1. The van der Waals surface area contributed by atoms with Crippen LogP contribution in [0.5, 0.6) is 0 Å². The summed E-state index contributed by atoms with van der Waals surface area (Å²) in [5.41, 5.74) is 7.84. The number of aryl methyl sites for hydroxylation is 1. The highest BCUT2D eigenvalue weighted by atomic mass is 19.4. The summed E-state index contributed by atoms with van der Waals surface area (Å²) in [5.74, 6) is 0. The number of fused-ring (bicyclic) bond motifs is 1. The van der Waals surface area contributed by atoms with Crippen molar-refractivity contribution in [1.29, 1.82) is 15.8 Å². The van der Waals surface area contributed by atoms with Crippen molar-refractivity contribution in [2.75, 3.05) is 17.2 Å². The summed E-state index contributed by atoms with van der Waals surface area (Å²) in [7, 11) is 0. The predicted molar refractivity (Wildman–Crippen MR) is 156 cm³/mol. The summed E-state index contributed by atoms with van der Waals surface area (Å²) in [6.07, 6.45) is -1.64. The first-order valence-corrected chi connectivity index (χ1v) is 13.7. The van der Waals surface area contributed by atoms with Gasteiger partial charge in [-0.25, -0.2) is 0 Å². The Balaban J connectivity index is 1.62. The lowest BCUT2D eigenvalue weighted by molar-refractivity contribution is -0.195.